The number of rotatable bonds is 3. The summed E-state index contributed by atoms with van der Waals surface area (Å²) in [4.78, 5) is 11.2. The van der Waals surface area contributed by atoms with Crippen LogP contribution in [0.25, 0.3) is 0 Å². The summed E-state index contributed by atoms with van der Waals surface area (Å²) in [6.07, 6.45) is 0.307. The molecule has 0 aliphatic heterocycles. The predicted octanol–water partition coefficient (Wildman–Crippen LogP) is 3.67. The standard InChI is InChI=1S/C9H8BrCl2NO/c10-7-5-6(1-2-8(7)12)13-9(14)3-4-11/h1-2,5H,3-4H2,(H,13,14). The van der Waals surface area contributed by atoms with E-state index in [-0.39, 0.29) is 5.91 Å². The van der Waals surface area contributed by atoms with Crippen molar-refractivity contribution >= 4 is 50.7 Å². The Morgan fingerprint density at radius 3 is 2.79 bits per heavy atom. The Balaban J connectivity index is 2.68. The number of amides is 1. The van der Waals surface area contributed by atoms with Gasteiger partial charge in [0.15, 0.2) is 0 Å². The lowest BCUT2D eigenvalue weighted by molar-refractivity contribution is -0.115. The maximum atomic E-state index is 11.2. The lowest BCUT2D eigenvalue weighted by atomic mass is 10.3. The van der Waals surface area contributed by atoms with Crippen LogP contribution in [0.1, 0.15) is 6.42 Å². The van der Waals surface area contributed by atoms with Gasteiger partial charge in [0.2, 0.25) is 5.91 Å². The molecular weight excluding hydrogens is 289 g/mol. The molecule has 0 unspecified atom stereocenters. The maximum Gasteiger partial charge on any atom is 0.225 e. The normalized spacial score (nSPS) is 9.93. The fourth-order valence-electron chi connectivity index (χ4n) is 0.883. The van der Waals surface area contributed by atoms with E-state index in [4.69, 9.17) is 23.2 Å². The highest BCUT2D eigenvalue weighted by atomic mass is 79.9. The molecule has 0 saturated heterocycles. The number of alkyl halides is 1. The van der Waals surface area contributed by atoms with Crippen LogP contribution < -0.4 is 5.32 Å². The quantitative estimate of drug-likeness (QED) is 0.847. The smallest absolute Gasteiger partial charge is 0.225 e. The first-order chi connectivity index (χ1) is 6.63. The van der Waals surface area contributed by atoms with E-state index in [0.29, 0.717) is 23.0 Å². The number of nitrogens with one attached hydrogen (secondary N) is 1. The first-order valence-corrected chi connectivity index (χ1v) is 5.65. The molecular formula is C9H8BrCl2NO. The molecule has 1 aromatic carbocycles. The Morgan fingerprint density at radius 2 is 2.21 bits per heavy atom. The molecule has 1 N–H and O–H groups in total. The molecule has 2 nitrogen and oxygen atoms in total. The number of halogens is 3. The van der Waals surface area contributed by atoms with Crippen molar-refractivity contribution in [1.82, 2.24) is 0 Å². The Kier molecular flexibility index (Phi) is 4.72. The second-order valence-corrected chi connectivity index (χ2v) is 4.26. The summed E-state index contributed by atoms with van der Waals surface area (Å²) in [5, 5.41) is 3.31. The van der Waals surface area contributed by atoms with Gasteiger partial charge in [0.05, 0.1) is 5.02 Å². The molecule has 0 radical (unpaired) electrons. The fourth-order valence-corrected chi connectivity index (χ4v) is 1.55. The van der Waals surface area contributed by atoms with E-state index < -0.39 is 0 Å². The molecule has 1 rings (SSSR count). The summed E-state index contributed by atoms with van der Waals surface area (Å²) in [6, 6.07) is 5.19. The van der Waals surface area contributed by atoms with Crippen LogP contribution in [0.2, 0.25) is 5.02 Å². The zero-order chi connectivity index (χ0) is 10.6. The van der Waals surface area contributed by atoms with Crippen molar-refractivity contribution in [3.05, 3.63) is 27.7 Å². The van der Waals surface area contributed by atoms with Crippen molar-refractivity contribution in [1.29, 1.82) is 0 Å². The first-order valence-electron chi connectivity index (χ1n) is 3.94. The highest BCUT2D eigenvalue weighted by Gasteiger charge is 2.03. The van der Waals surface area contributed by atoms with Crippen LogP contribution in [0, 0.1) is 0 Å². The zero-order valence-corrected chi connectivity index (χ0v) is 10.3. The van der Waals surface area contributed by atoms with Gasteiger partial charge in [0, 0.05) is 22.5 Å². The molecule has 0 heterocycles. The number of benzene rings is 1. The van der Waals surface area contributed by atoms with Crippen LogP contribution in [-0.4, -0.2) is 11.8 Å². The molecule has 0 bridgehead atoms. The molecule has 0 atom stereocenters. The largest absolute Gasteiger partial charge is 0.326 e. The number of hydrogen-bond donors (Lipinski definition) is 1. The Morgan fingerprint density at radius 1 is 1.50 bits per heavy atom. The van der Waals surface area contributed by atoms with E-state index in [1.807, 2.05) is 0 Å². The van der Waals surface area contributed by atoms with Gasteiger partial charge in [-0.15, -0.1) is 11.6 Å². The molecule has 0 aliphatic carbocycles. The minimum Gasteiger partial charge on any atom is -0.326 e. The molecule has 1 amide bonds. The summed E-state index contributed by atoms with van der Waals surface area (Å²) < 4.78 is 0.753. The molecule has 0 spiro atoms. The summed E-state index contributed by atoms with van der Waals surface area (Å²) in [5.74, 6) is 0.217. The molecule has 5 heteroatoms. The van der Waals surface area contributed by atoms with E-state index in [1.165, 1.54) is 0 Å². The second-order valence-electron chi connectivity index (χ2n) is 2.62. The maximum absolute atomic E-state index is 11.2. The average molecular weight is 297 g/mol. The third-order valence-electron chi connectivity index (χ3n) is 1.52. The molecule has 76 valence electrons. The van der Waals surface area contributed by atoms with E-state index in [1.54, 1.807) is 18.2 Å². The minimum atomic E-state index is -0.103. The van der Waals surface area contributed by atoms with Crippen molar-refractivity contribution in [2.75, 3.05) is 11.2 Å². The topological polar surface area (TPSA) is 29.1 Å². The number of hydrogen-bond acceptors (Lipinski definition) is 1. The van der Waals surface area contributed by atoms with Crippen LogP contribution in [0.5, 0.6) is 0 Å². The van der Waals surface area contributed by atoms with E-state index >= 15 is 0 Å². The van der Waals surface area contributed by atoms with Gasteiger partial charge in [-0.2, -0.15) is 0 Å². The van der Waals surface area contributed by atoms with Gasteiger partial charge >= 0.3 is 0 Å². The van der Waals surface area contributed by atoms with E-state index in [2.05, 4.69) is 21.2 Å². The van der Waals surface area contributed by atoms with Crippen LogP contribution >= 0.6 is 39.1 Å². The van der Waals surface area contributed by atoms with E-state index in [9.17, 15) is 4.79 Å². The summed E-state index contributed by atoms with van der Waals surface area (Å²) in [5.41, 5.74) is 0.705. The molecule has 0 aliphatic rings. The number of anilines is 1. The van der Waals surface area contributed by atoms with Gasteiger partial charge < -0.3 is 5.32 Å². The number of carbonyl (C=O) groups is 1. The highest BCUT2D eigenvalue weighted by molar-refractivity contribution is 9.10. The van der Waals surface area contributed by atoms with Gasteiger partial charge in [0.1, 0.15) is 0 Å². The number of carbonyl (C=O) groups excluding carboxylic acids is 1. The first kappa shape index (κ1) is 11.8. The van der Waals surface area contributed by atoms with Crippen molar-refractivity contribution in [2.45, 2.75) is 6.42 Å². The fraction of sp³-hybridized carbons (Fsp3) is 0.222. The zero-order valence-electron chi connectivity index (χ0n) is 7.19. The molecule has 1 aromatic rings. The predicted molar refractivity (Wildman–Crippen MR) is 63.1 cm³/mol. The summed E-state index contributed by atoms with van der Waals surface area (Å²) in [7, 11) is 0. The van der Waals surface area contributed by atoms with E-state index in [0.717, 1.165) is 4.47 Å². The molecule has 0 saturated carbocycles. The van der Waals surface area contributed by atoms with Crippen LogP contribution in [-0.2, 0) is 4.79 Å². The van der Waals surface area contributed by atoms with Crippen LogP contribution in [0.3, 0.4) is 0 Å². The SMILES string of the molecule is O=C(CCCl)Nc1ccc(Cl)c(Br)c1. The van der Waals surface area contributed by atoms with Crippen molar-refractivity contribution in [3.8, 4) is 0 Å². The third kappa shape index (κ3) is 3.48. The van der Waals surface area contributed by atoms with Crippen LogP contribution in [0.4, 0.5) is 5.69 Å². The minimum absolute atomic E-state index is 0.103. The van der Waals surface area contributed by atoms with Gasteiger partial charge in [-0.3, -0.25) is 4.79 Å². The lowest BCUT2D eigenvalue weighted by Crippen LogP contribution is -2.11. The Bertz CT molecular complexity index is 344. The van der Waals surface area contributed by atoms with Crippen LogP contribution in [0.15, 0.2) is 22.7 Å². The average Bonchev–Trinajstić information content (AvgIpc) is 2.12. The van der Waals surface area contributed by atoms with Crippen molar-refractivity contribution in [3.63, 3.8) is 0 Å². The lowest BCUT2D eigenvalue weighted by Gasteiger charge is -2.04. The molecule has 0 fully saturated rings. The summed E-state index contributed by atoms with van der Waals surface area (Å²) in [6.45, 7) is 0. The molecule has 0 aromatic heterocycles. The Hall–Kier alpha value is -0.250. The van der Waals surface area contributed by atoms with Crippen molar-refractivity contribution < 1.29 is 4.79 Å². The second kappa shape index (κ2) is 5.59. The molecule has 14 heavy (non-hydrogen) atoms. The highest BCUT2D eigenvalue weighted by Crippen LogP contribution is 2.25. The van der Waals surface area contributed by atoms with Gasteiger partial charge in [-0.1, -0.05) is 11.6 Å². The third-order valence-corrected chi connectivity index (χ3v) is 2.93. The summed E-state index contributed by atoms with van der Waals surface area (Å²) >= 11 is 14.5. The van der Waals surface area contributed by atoms with Gasteiger partial charge in [0.25, 0.3) is 0 Å². The van der Waals surface area contributed by atoms with Gasteiger partial charge in [-0.25, -0.2) is 0 Å². The monoisotopic (exact) mass is 295 g/mol. The van der Waals surface area contributed by atoms with Gasteiger partial charge in [-0.05, 0) is 34.1 Å². The van der Waals surface area contributed by atoms with Crippen molar-refractivity contribution in [2.24, 2.45) is 0 Å². The Labute approximate surface area is 101 Å².